The van der Waals surface area contributed by atoms with Gasteiger partial charge in [0.25, 0.3) is 0 Å². The quantitative estimate of drug-likeness (QED) is 0.183. The number of aromatic amines is 1. The number of aromatic nitrogens is 1. The van der Waals surface area contributed by atoms with Crippen molar-refractivity contribution < 1.29 is 19.8 Å². The van der Waals surface area contributed by atoms with E-state index in [1.165, 1.54) is 0 Å². The van der Waals surface area contributed by atoms with Crippen molar-refractivity contribution in [3.63, 3.8) is 0 Å². The zero-order valence-electron chi connectivity index (χ0n) is 22.2. The van der Waals surface area contributed by atoms with Crippen LogP contribution in [0.1, 0.15) is 52.6 Å². The number of fused-ring (bicyclic) bond motifs is 1. The SMILES string of the molecule is NCCCC[C@@H]1N[C@@H](c2ccc(-c3ccccc3)cc2)c2[nH]c(C(=O)O)cc2N(CCc2ccc(O)cc2)C1=O. The van der Waals surface area contributed by atoms with E-state index in [-0.39, 0.29) is 17.4 Å². The summed E-state index contributed by atoms with van der Waals surface area (Å²) in [6.45, 7) is 0.916. The van der Waals surface area contributed by atoms with Gasteiger partial charge in [-0.1, -0.05) is 73.2 Å². The van der Waals surface area contributed by atoms with Crippen molar-refractivity contribution >= 4 is 17.6 Å². The third-order valence-electron chi connectivity index (χ3n) is 7.43. The first-order valence-corrected chi connectivity index (χ1v) is 13.6. The molecule has 6 N–H and O–H groups in total. The molecule has 8 nitrogen and oxygen atoms in total. The van der Waals surface area contributed by atoms with Gasteiger partial charge in [-0.3, -0.25) is 10.1 Å². The Morgan fingerprint density at radius 2 is 1.62 bits per heavy atom. The largest absolute Gasteiger partial charge is 0.508 e. The molecule has 2 atom stereocenters. The van der Waals surface area contributed by atoms with Gasteiger partial charge in [0.1, 0.15) is 11.4 Å². The number of amides is 1. The van der Waals surface area contributed by atoms with Gasteiger partial charge in [0, 0.05) is 6.54 Å². The number of anilines is 1. The minimum atomic E-state index is -1.09. The van der Waals surface area contributed by atoms with Crippen LogP contribution in [-0.2, 0) is 11.2 Å². The van der Waals surface area contributed by atoms with Crippen molar-refractivity contribution in [1.29, 1.82) is 0 Å². The van der Waals surface area contributed by atoms with E-state index < -0.39 is 18.1 Å². The number of hydrogen-bond donors (Lipinski definition) is 5. The Hall–Kier alpha value is -4.40. The number of carboxylic acid groups (broad SMARTS) is 1. The summed E-state index contributed by atoms with van der Waals surface area (Å²) in [4.78, 5) is 30.8. The second-order valence-electron chi connectivity index (χ2n) is 10.1. The van der Waals surface area contributed by atoms with Gasteiger partial charge in [0.05, 0.1) is 23.5 Å². The van der Waals surface area contributed by atoms with E-state index in [2.05, 4.69) is 22.4 Å². The van der Waals surface area contributed by atoms with Crippen LogP contribution in [0.4, 0.5) is 5.69 Å². The Kier molecular flexibility index (Phi) is 8.28. The van der Waals surface area contributed by atoms with Crippen LogP contribution in [-0.4, -0.2) is 46.2 Å². The molecule has 0 unspecified atom stereocenters. The Labute approximate surface area is 233 Å². The van der Waals surface area contributed by atoms with Gasteiger partial charge < -0.3 is 25.8 Å². The van der Waals surface area contributed by atoms with Crippen LogP contribution in [0.5, 0.6) is 5.75 Å². The first kappa shape index (κ1) is 27.2. The summed E-state index contributed by atoms with van der Waals surface area (Å²) in [5.74, 6) is -1.01. The molecule has 0 spiro atoms. The lowest BCUT2D eigenvalue weighted by molar-refractivity contribution is -0.120. The fourth-order valence-electron chi connectivity index (χ4n) is 5.28. The molecule has 5 rings (SSSR count). The monoisotopic (exact) mass is 538 g/mol. The summed E-state index contributed by atoms with van der Waals surface area (Å²) < 4.78 is 0. The van der Waals surface area contributed by atoms with Gasteiger partial charge in [-0.25, -0.2) is 4.79 Å². The van der Waals surface area contributed by atoms with Gasteiger partial charge in [0.15, 0.2) is 0 Å². The number of carbonyl (C=O) groups is 2. The van der Waals surface area contributed by atoms with E-state index in [1.54, 1.807) is 23.1 Å². The number of H-pyrrole nitrogens is 1. The fourth-order valence-corrected chi connectivity index (χ4v) is 5.28. The standard InChI is InChI=1S/C32H34N4O4/c33-18-5-4-8-26-31(38)36(19-17-21-9-15-25(37)16-10-21)28-20-27(32(39)40)35-30(28)29(34-26)24-13-11-23(12-14-24)22-6-2-1-3-7-22/h1-3,6-7,9-16,20,26,29,34-35,37H,4-5,8,17-19,33H2,(H,39,40)/t26-,29-/m0/s1. The smallest absolute Gasteiger partial charge is 0.352 e. The number of nitrogens with zero attached hydrogens (tertiary/aromatic N) is 1. The van der Waals surface area contributed by atoms with Crippen molar-refractivity contribution in [1.82, 2.24) is 10.3 Å². The fraction of sp³-hybridized carbons (Fsp3) is 0.250. The third kappa shape index (κ3) is 5.93. The second kappa shape index (κ2) is 12.2. The number of phenolic OH excluding ortho intramolecular Hbond substituents is 1. The predicted octanol–water partition coefficient (Wildman–Crippen LogP) is 4.85. The maximum absolute atomic E-state index is 14.0. The highest BCUT2D eigenvalue weighted by Crippen LogP contribution is 2.36. The predicted molar refractivity (Wildman–Crippen MR) is 155 cm³/mol. The number of rotatable bonds is 10. The molecule has 3 aromatic carbocycles. The molecular formula is C32H34N4O4. The van der Waals surface area contributed by atoms with Crippen molar-refractivity contribution in [2.24, 2.45) is 5.73 Å². The Balaban J connectivity index is 1.53. The molecule has 1 aliphatic rings. The van der Waals surface area contributed by atoms with Crippen molar-refractivity contribution in [2.45, 2.75) is 37.8 Å². The zero-order chi connectivity index (χ0) is 28.1. The van der Waals surface area contributed by atoms with Gasteiger partial charge in [-0.15, -0.1) is 0 Å². The number of carbonyl (C=O) groups excluding carboxylic acids is 1. The van der Waals surface area contributed by atoms with Crippen LogP contribution in [0.2, 0.25) is 0 Å². The van der Waals surface area contributed by atoms with Crippen LogP contribution in [0.15, 0.2) is 84.9 Å². The highest BCUT2D eigenvalue weighted by molar-refractivity contribution is 6.00. The number of nitrogens with two attached hydrogens (primary N) is 1. The van der Waals surface area contributed by atoms with E-state index >= 15 is 0 Å². The molecule has 0 fully saturated rings. The molecule has 0 bridgehead atoms. The lowest BCUT2D eigenvalue weighted by atomic mass is 9.98. The average molecular weight is 539 g/mol. The van der Waals surface area contributed by atoms with Crippen LogP contribution in [0, 0.1) is 0 Å². The van der Waals surface area contributed by atoms with Gasteiger partial charge in [-0.2, -0.15) is 0 Å². The van der Waals surface area contributed by atoms with Gasteiger partial charge in [0.2, 0.25) is 5.91 Å². The lowest BCUT2D eigenvalue weighted by Gasteiger charge is -2.25. The van der Waals surface area contributed by atoms with Crippen LogP contribution in [0.25, 0.3) is 11.1 Å². The summed E-state index contributed by atoms with van der Waals surface area (Å²) in [6, 6.07) is 25.8. The number of carboxylic acids is 1. The minimum Gasteiger partial charge on any atom is -0.508 e. The Morgan fingerprint density at radius 1 is 0.925 bits per heavy atom. The summed E-state index contributed by atoms with van der Waals surface area (Å²) in [5, 5.41) is 23.0. The molecule has 1 aromatic heterocycles. The van der Waals surface area contributed by atoms with Gasteiger partial charge >= 0.3 is 5.97 Å². The van der Waals surface area contributed by atoms with Crippen LogP contribution >= 0.6 is 0 Å². The molecule has 206 valence electrons. The number of unbranched alkanes of at least 4 members (excludes halogenated alkanes) is 1. The molecule has 0 radical (unpaired) electrons. The molecule has 2 heterocycles. The highest BCUT2D eigenvalue weighted by atomic mass is 16.4. The van der Waals surface area contributed by atoms with Crippen molar-refractivity contribution in [3.05, 3.63) is 107 Å². The summed E-state index contributed by atoms with van der Waals surface area (Å²) in [5.41, 5.74) is 11.0. The number of hydrogen-bond acceptors (Lipinski definition) is 5. The number of phenols is 1. The number of aromatic hydroxyl groups is 1. The molecule has 1 aliphatic heterocycles. The molecule has 1 amide bonds. The highest BCUT2D eigenvalue weighted by Gasteiger charge is 2.37. The zero-order valence-corrected chi connectivity index (χ0v) is 22.2. The molecule has 0 saturated heterocycles. The van der Waals surface area contributed by atoms with Crippen LogP contribution < -0.4 is 16.0 Å². The maximum Gasteiger partial charge on any atom is 0.352 e. The summed E-state index contributed by atoms with van der Waals surface area (Å²) in [6.07, 6.45) is 2.76. The van der Waals surface area contributed by atoms with E-state index in [1.807, 2.05) is 54.6 Å². The third-order valence-corrected chi connectivity index (χ3v) is 7.43. The maximum atomic E-state index is 14.0. The summed E-state index contributed by atoms with van der Waals surface area (Å²) in [7, 11) is 0. The van der Waals surface area contributed by atoms with Crippen LogP contribution in [0.3, 0.4) is 0 Å². The van der Waals surface area contributed by atoms with E-state index in [9.17, 15) is 19.8 Å². The summed E-state index contributed by atoms with van der Waals surface area (Å²) >= 11 is 0. The minimum absolute atomic E-state index is 0.0294. The normalized spacial score (nSPS) is 16.9. The molecule has 0 aliphatic carbocycles. The second-order valence-corrected chi connectivity index (χ2v) is 10.1. The lowest BCUT2D eigenvalue weighted by Crippen LogP contribution is -2.46. The van der Waals surface area contributed by atoms with Crippen molar-refractivity contribution in [3.8, 4) is 16.9 Å². The van der Waals surface area contributed by atoms with Crippen molar-refractivity contribution in [2.75, 3.05) is 18.0 Å². The number of benzene rings is 3. The molecule has 8 heteroatoms. The van der Waals surface area contributed by atoms with Gasteiger partial charge in [-0.05, 0) is 66.3 Å². The molecule has 40 heavy (non-hydrogen) atoms. The Bertz CT molecular complexity index is 1450. The Morgan fingerprint density at radius 3 is 2.30 bits per heavy atom. The van der Waals surface area contributed by atoms with E-state index in [0.29, 0.717) is 37.3 Å². The molecular weight excluding hydrogens is 504 g/mol. The van der Waals surface area contributed by atoms with E-state index in [4.69, 9.17) is 5.73 Å². The average Bonchev–Trinajstić information content (AvgIpc) is 3.38. The topological polar surface area (TPSA) is 132 Å². The molecule has 0 saturated carbocycles. The molecule has 4 aromatic rings. The number of nitrogens with one attached hydrogen (secondary N) is 2. The number of aromatic carboxylic acids is 1. The van der Waals surface area contributed by atoms with E-state index in [0.717, 1.165) is 35.1 Å². The first-order valence-electron chi connectivity index (χ1n) is 13.6. The first-order chi connectivity index (χ1) is 19.4.